The summed E-state index contributed by atoms with van der Waals surface area (Å²) in [7, 11) is 0. The lowest BCUT2D eigenvalue weighted by Gasteiger charge is -2.18. The molecule has 3 rings (SSSR count). The second-order valence-corrected chi connectivity index (χ2v) is 7.56. The van der Waals surface area contributed by atoms with E-state index in [-0.39, 0.29) is 5.41 Å². The van der Waals surface area contributed by atoms with Crippen LogP contribution in [0.4, 0.5) is 0 Å². The Balaban J connectivity index is 1.97. The highest BCUT2D eigenvalue weighted by Gasteiger charge is 2.13. The lowest BCUT2D eigenvalue weighted by molar-refractivity contribution is 0.590. The van der Waals surface area contributed by atoms with Crippen LogP contribution in [0.5, 0.6) is 0 Å². The van der Waals surface area contributed by atoms with Crippen molar-refractivity contribution in [2.24, 2.45) is 0 Å². The zero-order valence-corrected chi connectivity index (χ0v) is 14.3. The first-order chi connectivity index (χ1) is 11.0. The molecule has 1 heterocycles. The standard InChI is InChI=1S/C20H18N2S/c1-20(2,3)16-10-8-14(9-11-16)12-15(13-21)19-22-17-6-4-5-7-18(17)23-19/h4-12H,1-3H3/b15-12-. The number of allylic oxidation sites excluding steroid dienone is 1. The molecule has 2 nitrogen and oxygen atoms in total. The van der Waals surface area contributed by atoms with Crippen LogP contribution < -0.4 is 0 Å². The van der Waals surface area contributed by atoms with E-state index in [9.17, 15) is 5.26 Å². The van der Waals surface area contributed by atoms with Crippen molar-refractivity contribution in [3.8, 4) is 6.07 Å². The molecule has 114 valence electrons. The first-order valence-corrected chi connectivity index (χ1v) is 8.37. The van der Waals surface area contributed by atoms with Crippen LogP contribution in [-0.4, -0.2) is 4.98 Å². The molecule has 0 radical (unpaired) electrons. The van der Waals surface area contributed by atoms with Crippen LogP contribution in [0, 0.1) is 11.3 Å². The van der Waals surface area contributed by atoms with Gasteiger partial charge in [0.15, 0.2) is 0 Å². The Kier molecular flexibility index (Phi) is 4.02. The predicted octanol–water partition coefficient (Wildman–Crippen LogP) is 5.66. The molecule has 3 heteroatoms. The minimum atomic E-state index is 0.132. The van der Waals surface area contributed by atoms with Gasteiger partial charge in [-0.15, -0.1) is 11.3 Å². The Labute approximate surface area is 140 Å². The van der Waals surface area contributed by atoms with E-state index >= 15 is 0 Å². The van der Waals surface area contributed by atoms with E-state index in [0.717, 1.165) is 20.8 Å². The largest absolute Gasteiger partial charge is 0.235 e. The SMILES string of the molecule is CC(C)(C)c1ccc(/C=C(/C#N)c2nc3ccccc3s2)cc1. The van der Waals surface area contributed by atoms with Crippen LogP contribution in [0.3, 0.4) is 0 Å². The Bertz CT molecular complexity index is 870. The third-order valence-corrected chi connectivity index (χ3v) is 4.80. The molecule has 0 amide bonds. The highest BCUT2D eigenvalue weighted by Crippen LogP contribution is 2.28. The van der Waals surface area contributed by atoms with Gasteiger partial charge in [0.2, 0.25) is 0 Å². The molecule has 0 N–H and O–H groups in total. The molecule has 0 aliphatic rings. The maximum atomic E-state index is 9.50. The fraction of sp³-hybridized carbons (Fsp3) is 0.200. The number of rotatable bonds is 2. The molecule has 1 aromatic heterocycles. The number of para-hydroxylation sites is 1. The maximum absolute atomic E-state index is 9.50. The van der Waals surface area contributed by atoms with Gasteiger partial charge < -0.3 is 0 Å². The third kappa shape index (κ3) is 3.33. The van der Waals surface area contributed by atoms with Crippen molar-refractivity contribution in [2.75, 3.05) is 0 Å². The molecule has 0 aliphatic heterocycles. The molecule has 0 bridgehead atoms. The van der Waals surface area contributed by atoms with Crippen LogP contribution in [0.15, 0.2) is 48.5 Å². The fourth-order valence-electron chi connectivity index (χ4n) is 2.38. The number of hydrogen-bond donors (Lipinski definition) is 0. The third-order valence-electron chi connectivity index (χ3n) is 3.73. The normalized spacial score (nSPS) is 12.3. The Morgan fingerprint density at radius 3 is 2.39 bits per heavy atom. The van der Waals surface area contributed by atoms with Gasteiger partial charge in [0.25, 0.3) is 0 Å². The minimum Gasteiger partial charge on any atom is -0.235 e. The van der Waals surface area contributed by atoms with E-state index in [2.05, 4.69) is 56.1 Å². The summed E-state index contributed by atoms with van der Waals surface area (Å²) in [5.74, 6) is 0. The Morgan fingerprint density at radius 2 is 1.78 bits per heavy atom. The average molecular weight is 318 g/mol. The van der Waals surface area contributed by atoms with E-state index < -0.39 is 0 Å². The summed E-state index contributed by atoms with van der Waals surface area (Å²) in [4.78, 5) is 4.56. The molecular weight excluding hydrogens is 300 g/mol. The van der Waals surface area contributed by atoms with Crippen LogP contribution in [-0.2, 0) is 5.41 Å². The van der Waals surface area contributed by atoms with Crippen molar-refractivity contribution in [3.63, 3.8) is 0 Å². The summed E-state index contributed by atoms with van der Waals surface area (Å²) in [6.07, 6.45) is 1.91. The van der Waals surface area contributed by atoms with Gasteiger partial charge in [-0.1, -0.05) is 57.2 Å². The van der Waals surface area contributed by atoms with Crippen LogP contribution >= 0.6 is 11.3 Å². The van der Waals surface area contributed by atoms with Crippen LogP contribution in [0.25, 0.3) is 21.9 Å². The number of fused-ring (bicyclic) bond motifs is 1. The highest BCUT2D eigenvalue weighted by atomic mass is 32.1. The van der Waals surface area contributed by atoms with E-state index in [1.165, 1.54) is 5.56 Å². The Morgan fingerprint density at radius 1 is 1.09 bits per heavy atom. The monoisotopic (exact) mass is 318 g/mol. The van der Waals surface area contributed by atoms with Gasteiger partial charge in [0, 0.05) is 0 Å². The van der Waals surface area contributed by atoms with Crippen molar-refractivity contribution in [1.29, 1.82) is 5.26 Å². The molecule has 3 aromatic rings. The second-order valence-electron chi connectivity index (χ2n) is 6.53. The first-order valence-electron chi connectivity index (χ1n) is 7.56. The topological polar surface area (TPSA) is 36.7 Å². The maximum Gasteiger partial charge on any atom is 0.135 e. The van der Waals surface area contributed by atoms with Crippen LogP contribution in [0.2, 0.25) is 0 Å². The van der Waals surface area contributed by atoms with Gasteiger partial charge in [0.1, 0.15) is 11.1 Å². The molecule has 0 saturated heterocycles. The molecule has 0 aliphatic carbocycles. The van der Waals surface area contributed by atoms with Gasteiger partial charge in [-0.25, -0.2) is 4.98 Å². The van der Waals surface area contributed by atoms with E-state index in [1.54, 1.807) is 11.3 Å². The summed E-state index contributed by atoms with van der Waals surface area (Å²) < 4.78 is 1.10. The summed E-state index contributed by atoms with van der Waals surface area (Å²) in [5, 5.41) is 10.3. The summed E-state index contributed by atoms with van der Waals surface area (Å²) in [6.45, 7) is 6.58. The number of benzene rings is 2. The fourth-order valence-corrected chi connectivity index (χ4v) is 3.31. The zero-order valence-electron chi connectivity index (χ0n) is 13.5. The van der Waals surface area contributed by atoms with Gasteiger partial charge in [-0.3, -0.25) is 0 Å². The average Bonchev–Trinajstić information content (AvgIpc) is 2.96. The summed E-state index contributed by atoms with van der Waals surface area (Å²) >= 11 is 1.55. The highest BCUT2D eigenvalue weighted by molar-refractivity contribution is 7.19. The smallest absolute Gasteiger partial charge is 0.135 e. The van der Waals surface area contributed by atoms with E-state index in [0.29, 0.717) is 5.57 Å². The lowest BCUT2D eigenvalue weighted by Crippen LogP contribution is -2.10. The lowest BCUT2D eigenvalue weighted by atomic mass is 9.86. The summed E-state index contributed by atoms with van der Waals surface area (Å²) in [5.41, 5.74) is 3.99. The molecule has 2 aromatic carbocycles. The second kappa shape index (κ2) is 5.98. The molecule has 0 spiro atoms. The Hall–Kier alpha value is -2.44. The van der Waals surface area contributed by atoms with E-state index in [4.69, 9.17) is 0 Å². The van der Waals surface area contributed by atoms with Crippen LogP contribution in [0.1, 0.15) is 36.9 Å². The predicted molar refractivity (Wildman–Crippen MR) is 98.2 cm³/mol. The van der Waals surface area contributed by atoms with Crippen molar-refractivity contribution in [1.82, 2.24) is 4.98 Å². The number of hydrogen-bond acceptors (Lipinski definition) is 3. The van der Waals surface area contributed by atoms with E-state index in [1.807, 2.05) is 30.3 Å². The van der Waals surface area contributed by atoms with Crippen molar-refractivity contribution in [3.05, 3.63) is 64.7 Å². The number of aromatic nitrogens is 1. The molecule has 0 atom stereocenters. The van der Waals surface area contributed by atoms with Gasteiger partial charge in [0.05, 0.1) is 15.8 Å². The zero-order chi connectivity index (χ0) is 16.4. The molecule has 0 fully saturated rings. The van der Waals surface area contributed by atoms with Crippen molar-refractivity contribution in [2.45, 2.75) is 26.2 Å². The van der Waals surface area contributed by atoms with Crippen molar-refractivity contribution < 1.29 is 0 Å². The van der Waals surface area contributed by atoms with Crippen molar-refractivity contribution >= 4 is 33.2 Å². The number of thiazole rings is 1. The molecule has 0 saturated carbocycles. The molecule has 0 unspecified atom stereocenters. The first kappa shape index (κ1) is 15.5. The quantitative estimate of drug-likeness (QED) is 0.572. The molecule has 23 heavy (non-hydrogen) atoms. The van der Waals surface area contributed by atoms with Gasteiger partial charge >= 0.3 is 0 Å². The van der Waals surface area contributed by atoms with Gasteiger partial charge in [-0.2, -0.15) is 5.26 Å². The van der Waals surface area contributed by atoms with Gasteiger partial charge in [-0.05, 0) is 34.8 Å². The number of nitriles is 1. The summed E-state index contributed by atoms with van der Waals surface area (Å²) in [6, 6.07) is 18.6. The molecular formula is C20H18N2S. The number of nitrogens with zero attached hydrogens (tertiary/aromatic N) is 2. The minimum absolute atomic E-state index is 0.132.